The lowest BCUT2D eigenvalue weighted by Gasteiger charge is -2.40. The molecule has 0 spiro atoms. The van der Waals surface area contributed by atoms with E-state index in [0.29, 0.717) is 6.10 Å². The summed E-state index contributed by atoms with van der Waals surface area (Å²) >= 11 is 1.79. The van der Waals surface area contributed by atoms with Crippen molar-refractivity contribution in [3.63, 3.8) is 0 Å². The van der Waals surface area contributed by atoms with Gasteiger partial charge in [0.15, 0.2) is 0 Å². The summed E-state index contributed by atoms with van der Waals surface area (Å²) in [5.74, 6) is 0. The Kier molecular flexibility index (Phi) is 4.76. The number of aromatic nitrogens is 1. The van der Waals surface area contributed by atoms with Crippen LogP contribution < -0.4 is 5.32 Å². The molecule has 2 atom stereocenters. The summed E-state index contributed by atoms with van der Waals surface area (Å²) in [6.45, 7) is 8.38. The van der Waals surface area contributed by atoms with Crippen LogP contribution in [0.4, 0.5) is 0 Å². The molecule has 1 aliphatic rings. The largest absolute Gasteiger partial charge is 0.378 e. The molecule has 4 heteroatoms. The van der Waals surface area contributed by atoms with Crippen LogP contribution in [0.5, 0.6) is 0 Å². The molecule has 1 aromatic heterocycles. The van der Waals surface area contributed by atoms with Crippen molar-refractivity contribution in [2.75, 3.05) is 13.2 Å². The Hall–Kier alpha value is -0.450. The second-order valence-corrected chi connectivity index (χ2v) is 6.02. The predicted molar refractivity (Wildman–Crippen MR) is 76.1 cm³/mol. The molecular formula is C14H24N2OS. The van der Waals surface area contributed by atoms with Crippen molar-refractivity contribution in [1.82, 2.24) is 10.3 Å². The summed E-state index contributed by atoms with van der Waals surface area (Å²) in [6, 6.07) is 0. The second kappa shape index (κ2) is 6.13. The first-order valence-corrected chi connectivity index (χ1v) is 7.87. The molecule has 1 aromatic rings. The molecule has 2 rings (SSSR count). The molecule has 1 saturated heterocycles. The minimum Gasteiger partial charge on any atom is -0.378 e. The van der Waals surface area contributed by atoms with Crippen molar-refractivity contribution in [3.8, 4) is 0 Å². The summed E-state index contributed by atoms with van der Waals surface area (Å²) in [4.78, 5) is 4.73. The zero-order chi connectivity index (χ0) is 13.0. The molecule has 2 unspecified atom stereocenters. The highest BCUT2D eigenvalue weighted by Crippen LogP contribution is 2.37. The van der Waals surface area contributed by atoms with E-state index in [2.05, 4.69) is 31.5 Å². The van der Waals surface area contributed by atoms with Crippen LogP contribution in [-0.2, 0) is 10.3 Å². The number of rotatable bonds is 5. The van der Waals surface area contributed by atoms with E-state index in [-0.39, 0.29) is 5.54 Å². The summed E-state index contributed by atoms with van der Waals surface area (Å²) in [5, 5.41) is 7.15. The van der Waals surface area contributed by atoms with Crippen LogP contribution in [-0.4, -0.2) is 24.2 Å². The lowest BCUT2D eigenvalue weighted by Crippen LogP contribution is -2.49. The van der Waals surface area contributed by atoms with Crippen LogP contribution in [0.2, 0.25) is 0 Å². The summed E-state index contributed by atoms with van der Waals surface area (Å²) < 4.78 is 5.83. The minimum absolute atomic E-state index is 0.0495. The fourth-order valence-electron chi connectivity index (χ4n) is 2.58. The Labute approximate surface area is 114 Å². The topological polar surface area (TPSA) is 34.2 Å². The van der Waals surface area contributed by atoms with Gasteiger partial charge in [-0.2, -0.15) is 0 Å². The molecule has 2 heterocycles. The highest BCUT2D eigenvalue weighted by atomic mass is 32.1. The van der Waals surface area contributed by atoms with E-state index in [1.165, 1.54) is 5.01 Å². The molecule has 0 amide bonds. The number of hydrogen-bond acceptors (Lipinski definition) is 4. The maximum atomic E-state index is 5.83. The van der Waals surface area contributed by atoms with E-state index < -0.39 is 0 Å². The molecule has 0 saturated carbocycles. The molecule has 0 aliphatic carbocycles. The summed E-state index contributed by atoms with van der Waals surface area (Å²) in [5.41, 5.74) is 1.18. The molecule has 1 aliphatic heterocycles. The third-order valence-electron chi connectivity index (χ3n) is 3.66. The third kappa shape index (κ3) is 2.92. The first-order valence-electron chi connectivity index (χ1n) is 6.99. The second-order valence-electron chi connectivity index (χ2n) is 5.16. The molecule has 3 nitrogen and oxygen atoms in total. The van der Waals surface area contributed by atoms with Crippen molar-refractivity contribution in [2.45, 2.75) is 58.1 Å². The Balaban J connectivity index is 2.22. The maximum absolute atomic E-state index is 5.83. The Bertz CT molecular complexity index is 380. The van der Waals surface area contributed by atoms with Gasteiger partial charge < -0.3 is 10.1 Å². The summed E-state index contributed by atoms with van der Waals surface area (Å²) in [6.07, 6.45) is 4.70. The zero-order valence-corrected chi connectivity index (χ0v) is 12.5. The van der Waals surface area contributed by atoms with Crippen molar-refractivity contribution >= 4 is 11.3 Å². The lowest BCUT2D eigenvalue weighted by molar-refractivity contribution is -0.0323. The molecule has 1 N–H and O–H groups in total. The number of hydrogen-bond donors (Lipinski definition) is 1. The van der Waals surface area contributed by atoms with Gasteiger partial charge in [0.2, 0.25) is 0 Å². The van der Waals surface area contributed by atoms with Crippen molar-refractivity contribution in [3.05, 3.63) is 16.1 Å². The quantitative estimate of drug-likeness (QED) is 0.890. The maximum Gasteiger partial charge on any atom is 0.113 e. The normalized spacial score (nSPS) is 28.5. The number of nitrogens with one attached hydrogen (secondary N) is 1. The predicted octanol–water partition coefficient (Wildman–Crippen LogP) is 3.24. The van der Waals surface area contributed by atoms with Crippen molar-refractivity contribution in [1.29, 1.82) is 0 Å². The van der Waals surface area contributed by atoms with Crippen LogP contribution in [0.1, 0.15) is 50.2 Å². The Morgan fingerprint density at radius 2 is 2.39 bits per heavy atom. The first-order chi connectivity index (χ1) is 8.70. The van der Waals surface area contributed by atoms with Crippen molar-refractivity contribution < 1.29 is 4.74 Å². The van der Waals surface area contributed by atoms with E-state index in [1.54, 1.807) is 11.3 Å². The van der Waals surface area contributed by atoms with E-state index >= 15 is 0 Å². The molecule has 0 bridgehead atoms. The van der Waals surface area contributed by atoms with Gasteiger partial charge in [0.25, 0.3) is 0 Å². The smallest absolute Gasteiger partial charge is 0.113 e. The van der Waals surface area contributed by atoms with Gasteiger partial charge in [0, 0.05) is 17.7 Å². The third-order valence-corrected chi connectivity index (χ3v) is 4.82. The highest BCUT2D eigenvalue weighted by Gasteiger charge is 2.39. The fraction of sp³-hybridized carbons (Fsp3) is 0.786. The molecule has 1 fully saturated rings. The number of aryl methyl sites for hydroxylation is 1. The zero-order valence-electron chi connectivity index (χ0n) is 11.7. The van der Waals surface area contributed by atoms with Gasteiger partial charge in [-0.1, -0.05) is 13.8 Å². The van der Waals surface area contributed by atoms with Crippen LogP contribution in [0, 0.1) is 6.92 Å². The molecule has 0 aromatic carbocycles. The molecule has 18 heavy (non-hydrogen) atoms. The number of ether oxygens (including phenoxy) is 1. The van der Waals surface area contributed by atoms with Crippen LogP contribution in [0.15, 0.2) is 5.38 Å². The van der Waals surface area contributed by atoms with Crippen LogP contribution in [0.25, 0.3) is 0 Å². The average Bonchev–Trinajstić information content (AvgIpc) is 2.84. The average molecular weight is 268 g/mol. The minimum atomic E-state index is 0.0495. The van der Waals surface area contributed by atoms with Gasteiger partial charge in [-0.05, 0) is 39.2 Å². The molecular weight excluding hydrogens is 244 g/mol. The SMILES string of the molecule is CCCNC1(c2nc(C)cs2)CCOC(CC)C1. The monoisotopic (exact) mass is 268 g/mol. The standard InChI is InChI=1S/C14H24N2OS/c1-4-7-15-14(13-16-11(3)10-18-13)6-8-17-12(5-2)9-14/h10,12,15H,4-9H2,1-3H3. The van der Waals surface area contributed by atoms with E-state index in [9.17, 15) is 0 Å². The van der Waals surface area contributed by atoms with Crippen LogP contribution in [0.3, 0.4) is 0 Å². The van der Waals surface area contributed by atoms with Crippen LogP contribution >= 0.6 is 11.3 Å². The number of nitrogens with zero attached hydrogens (tertiary/aromatic N) is 1. The van der Waals surface area contributed by atoms with Gasteiger partial charge in [0.1, 0.15) is 5.01 Å². The van der Waals surface area contributed by atoms with E-state index in [4.69, 9.17) is 9.72 Å². The molecule has 0 radical (unpaired) electrons. The Morgan fingerprint density at radius 1 is 1.56 bits per heavy atom. The number of thiazole rings is 1. The first kappa shape index (κ1) is 14.0. The lowest BCUT2D eigenvalue weighted by atomic mass is 9.86. The van der Waals surface area contributed by atoms with E-state index in [0.717, 1.165) is 44.5 Å². The fourth-order valence-corrected chi connectivity index (χ4v) is 3.59. The van der Waals surface area contributed by atoms with Gasteiger partial charge in [0.05, 0.1) is 11.6 Å². The van der Waals surface area contributed by atoms with Gasteiger partial charge in [-0.3, -0.25) is 0 Å². The van der Waals surface area contributed by atoms with Gasteiger partial charge >= 0.3 is 0 Å². The van der Waals surface area contributed by atoms with Gasteiger partial charge in [-0.15, -0.1) is 11.3 Å². The highest BCUT2D eigenvalue weighted by molar-refractivity contribution is 7.09. The Morgan fingerprint density at radius 3 is 3.00 bits per heavy atom. The molecule has 102 valence electrons. The van der Waals surface area contributed by atoms with E-state index in [1.807, 2.05) is 0 Å². The van der Waals surface area contributed by atoms with Crippen molar-refractivity contribution in [2.24, 2.45) is 0 Å². The van der Waals surface area contributed by atoms with Gasteiger partial charge in [-0.25, -0.2) is 4.98 Å². The summed E-state index contributed by atoms with van der Waals surface area (Å²) in [7, 11) is 0.